The van der Waals surface area contributed by atoms with Gasteiger partial charge in [-0.2, -0.15) is 0 Å². The number of rotatable bonds is 12. The number of amides is 1. The van der Waals surface area contributed by atoms with E-state index in [0.717, 1.165) is 0 Å². The molecule has 45 heavy (non-hydrogen) atoms. The maximum atomic E-state index is 12.4. The number of fused-ring (bicyclic) bond motifs is 2. The van der Waals surface area contributed by atoms with Crippen molar-refractivity contribution >= 4 is 46.0 Å². The van der Waals surface area contributed by atoms with Crippen LogP contribution in [0.3, 0.4) is 0 Å². The largest absolute Gasteiger partial charge is 0.508 e. The average molecular weight is 638 g/mol. The van der Waals surface area contributed by atoms with E-state index >= 15 is 0 Å². The van der Waals surface area contributed by atoms with Crippen molar-refractivity contribution < 1.29 is 38.4 Å². The fourth-order valence-electron chi connectivity index (χ4n) is 4.44. The van der Waals surface area contributed by atoms with Crippen molar-refractivity contribution in [2.75, 3.05) is 44.8 Å². The molecular formula is C32H35N3O9S. The first-order valence-electron chi connectivity index (χ1n) is 14.2. The highest BCUT2D eigenvalue weighted by molar-refractivity contribution is 7.80. The first-order valence-corrected chi connectivity index (χ1v) is 14.6. The van der Waals surface area contributed by atoms with E-state index in [1.165, 1.54) is 30.3 Å². The van der Waals surface area contributed by atoms with E-state index in [-0.39, 0.29) is 27.6 Å². The number of nitrogens with one attached hydrogen (secondary N) is 3. The Balaban J connectivity index is 1.31. The van der Waals surface area contributed by atoms with Gasteiger partial charge in [0.15, 0.2) is 10.5 Å². The normalized spacial score (nSPS) is 11.4. The molecule has 0 fully saturated rings. The highest BCUT2D eigenvalue weighted by Crippen LogP contribution is 2.42. The molecule has 0 atom stereocenters. The molecule has 4 rings (SSSR count). The van der Waals surface area contributed by atoms with Gasteiger partial charge in [-0.15, -0.1) is 0 Å². The number of benzene rings is 3. The van der Waals surface area contributed by atoms with Crippen molar-refractivity contribution in [2.45, 2.75) is 26.4 Å². The van der Waals surface area contributed by atoms with Crippen molar-refractivity contribution in [3.05, 3.63) is 70.4 Å². The van der Waals surface area contributed by atoms with E-state index in [2.05, 4.69) is 16.0 Å². The van der Waals surface area contributed by atoms with Gasteiger partial charge in [0.05, 0.1) is 32.0 Å². The van der Waals surface area contributed by atoms with E-state index in [4.69, 9.17) is 30.8 Å². The van der Waals surface area contributed by atoms with Gasteiger partial charge in [0, 0.05) is 47.4 Å². The van der Waals surface area contributed by atoms with Gasteiger partial charge in [0.1, 0.15) is 22.7 Å². The Bertz CT molecular complexity index is 1710. The maximum absolute atomic E-state index is 12.4. The number of carbonyl (C=O) groups is 2. The Hall–Kier alpha value is -4.72. The molecule has 1 amide bonds. The molecule has 1 aliphatic carbocycles. The van der Waals surface area contributed by atoms with Crippen LogP contribution in [0.2, 0.25) is 0 Å². The fourth-order valence-corrected chi connectivity index (χ4v) is 4.66. The third-order valence-corrected chi connectivity index (χ3v) is 6.52. The molecule has 2 aromatic rings. The Labute approximate surface area is 264 Å². The summed E-state index contributed by atoms with van der Waals surface area (Å²) in [5, 5.41) is 29.6. The van der Waals surface area contributed by atoms with Crippen molar-refractivity contribution in [3.63, 3.8) is 0 Å². The third kappa shape index (κ3) is 9.38. The summed E-state index contributed by atoms with van der Waals surface area (Å²) >= 11 is 5.36. The zero-order valence-corrected chi connectivity index (χ0v) is 25.9. The molecule has 0 saturated carbocycles. The number of carboxylic acids is 1. The SMILES string of the molecule is CC(C)(C)OC(=O)NCCOCCOCCNC(=S)Nc1ccc(-c2c3ccc(=O)cc-3oc3cc(O)ccc23)c(C(=O)O)c1. The average Bonchev–Trinajstić information content (AvgIpc) is 2.95. The van der Waals surface area contributed by atoms with Crippen LogP contribution in [0.1, 0.15) is 31.1 Å². The first kappa shape index (κ1) is 33.2. The minimum absolute atomic E-state index is 0.000466. The van der Waals surface area contributed by atoms with Crippen molar-refractivity contribution in [1.29, 1.82) is 0 Å². The number of ether oxygens (including phenoxy) is 3. The van der Waals surface area contributed by atoms with Crippen LogP contribution in [0.15, 0.2) is 63.8 Å². The lowest BCUT2D eigenvalue weighted by Crippen LogP contribution is -2.34. The summed E-state index contributed by atoms with van der Waals surface area (Å²) < 4.78 is 22.0. The number of hydrogen-bond donors (Lipinski definition) is 5. The van der Waals surface area contributed by atoms with Crippen LogP contribution >= 0.6 is 12.2 Å². The lowest BCUT2D eigenvalue weighted by atomic mass is 9.90. The molecule has 12 nitrogen and oxygen atoms in total. The number of carbonyl (C=O) groups excluding carboxylic acids is 1. The molecule has 238 valence electrons. The van der Waals surface area contributed by atoms with Crippen LogP contribution in [0.4, 0.5) is 10.5 Å². The summed E-state index contributed by atoms with van der Waals surface area (Å²) in [6.07, 6.45) is -0.496. The second kappa shape index (κ2) is 14.8. The van der Waals surface area contributed by atoms with E-state index in [0.29, 0.717) is 72.9 Å². The molecule has 5 N–H and O–H groups in total. The lowest BCUT2D eigenvalue weighted by molar-refractivity contribution is 0.0407. The molecule has 0 radical (unpaired) electrons. The molecule has 0 saturated heterocycles. The van der Waals surface area contributed by atoms with Crippen LogP contribution in [0.25, 0.3) is 33.4 Å². The van der Waals surface area contributed by atoms with Gasteiger partial charge in [-0.3, -0.25) is 4.79 Å². The number of carboxylic acid groups (broad SMARTS) is 1. The van der Waals surface area contributed by atoms with E-state index < -0.39 is 17.7 Å². The van der Waals surface area contributed by atoms with Gasteiger partial charge in [-0.05, 0) is 75.0 Å². The predicted octanol–water partition coefficient (Wildman–Crippen LogP) is 4.81. The van der Waals surface area contributed by atoms with Gasteiger partial charge >= 0.3 is 12.1 Å². The molecular weight excluding hydrogens is 602 g/mol. The summed E-state index contributed by atoms with van der Waals surface area (Å²) in [7, 11) is 0. The summed E-state index contributed by atoms with van der Waals surface area (Å²) in [6.45, 7) is 7.46. The molecule has 13 heteroatoms. The molecule has 0 spiro atoms. The van der Waals surface area contributed by atoms with Gasteiger partial charge in [-0.25, -0.2) is 9.59 Å². The van der Waals surface area contributed by atoms with Gasteiger partial charge in [0.2, 0.25) is 0 Å². The Morgan fingerprint density at radius 1 is 0.889 bits per heavy atom. The summed E-state index contributed by atoms with van der Waals surface area (Å²) in [5.41, 5.74) is 1.44. The third-order valence-electron chi connectivity index (χ3n) is 6.27. The van der Waals surface area contributed by atoms with Crippen LogP contribution in [-0.4, -0.2) is 72.5 Å². The zero-order valence-electron chi connectivity index (χ0n) is 25.1. The molecule has 2 aliphatic rings. The Morgan fingerprint density at radius 3 is 2.27 bits per heavy atom. The Morgan fingerprint density at radius 2 is 1.58 bits per heavy atom. The second-order valence-corrected chi connectivity index (χ2v) is 11.3. The minimum atomic E-state index is -1.16. The summed E-state index contributed by atoms with van der Waals surface area (Å²) in [6, 6.07) is 13.7. The number of alkyl carbamates (subject to hydrolysis) is 1. The van der Waals surface area contributed by atoms with Gasteiger partial charge < -0.3 is 44.8 Å². The first-order chi connectivity index (χ1) is 21.4. The number of aromatic hydroxyl groups is 1. The van der Waals surface area contributed by atoms with Gasteiger partial charge in [0.25, 0.3) is 0 Å². The zero-order chi connectivity index (χ0) is 32.6. The summed E-state index contributed by atoms with van der Waals surface area (Å²) in [5.74, 6) is -0.925. The highest BCUT2D eigenvalue weighted by Gasteiger charge is 2.22. The van der Waals surface area contributed by atoms with E-state index in [1.54, 1.807) is 45.0 Å². The van der Waals surface area contributed by atoms with Gasteiger partial charge in [-0.1, -0.05) is 6.07 Å². The fraction of sp³-hybridized carbons (Fsp3) is 0.312. The standard InChI is InChI=1S/C32H35N3O9S/c1-32(2,3)44-31(40)34-11-13-42-15-14-41-12-10-33-30(45)35-19-4-7-22(25(16-19)29(38)39)28-23-8-5-20(36)17-26(23)43-27-18-21(37)6-9-24(27)28/h4-9,16-18,36H,10-15H2,1-3H3,(H,34,40)(H,38,39)(H2,33,35,45). The molecule has 1 heterocycles. The smallest absolute Gasteiger partial charge is 0.407 e. The number of hydrogen-bond acceptors (Lipinski definition) is 9. The highest BCUT2D eigenvalue weighted by atomic mass is 32.1. The number of phenolic OH excluding ortho intramolecular Hbond substituents is 1. The van der Waals surface area contributed by atoms with E-state index in [1.807, 2.05) is 0 Å². The molecule has 0 bridgehead atoms. The van der Waals surface area contributed by atoms with Crippen molar-refractivity contribution in [2.24, 2.45) is 0 Å². The molecule has 1 aliphatic heterocycles. The van der Waals surface area contributed by atoms with Crippen molar-refractivity contribution in [1.82, 2.24) is 10.6 Å². The number of aromatic carboxylic acids is 1. The predicted molar refractivity (Wildman–Crippen MR) is 173 cm³/mol. The molecule has 0 aromatic heterocycles. The van der Waals surface area contributed by atoms with Crippen LogP contribution in [0.5, 0.6) is 5.75 Å². The second-order valence-electron chi connectivity index (χ2n) is 10.9. The monoisotopic (exact) mass is 637 g/mol. The van der Waals surface area contributed by atoms with Crippen LogP contribution in [-0.2, 0) is 14.2 Å². The lowest BCUT2D eigenvalue weighted by Gasteiger charge is -2.19. The Kier molecular flexibility index (Phi) is 10.9. The van der Waals surface area contributed by atoms with Crippen LogP contribution < -0.4 is 21.4 Å². The van der Waals surface area contributed by atoms with Crippen LogP contribution in [0, 0.1) is 0 Å². The number of anilines is 1. The molecule has 2 aromatic carbocycles. The van der Waals surface area contributed by atoms with E-state index in [9.17, 15) is 24.6 Å². The summed E-state index contributed by atoms with van der Waals surface area (Å²) in [4.78, 5) is 36.0. The van der Waals surface area contributed by atoms with Crippen molar-refractivity contribution in [3.8, 4) is 28.2 Å². The number of phenols is 1. The quantitative estimate of drug-likeness (QED) is 0.0818. The number of thiocarbonyl (C=S) groups is 1. The minimum Gasteiger partial charge on any atom is -0.508 e. The maximum Gasteiger partial charge on any atom is 0.407 e. The molecule has 0 unspecified atom stereocenters. The topological polar surface area (TPSA) is 169 Å².